The highest BCUT2D eigenvalue weighted by Crippen LogP contribution is 2.38. The number of H-pyrrole nitrogens is 1. The molecule has 6 rings (SSSR count). The van der Waals surface area contributed by atoms with Crippen LogP contribution < -0.4 is 15.7 Å². The molecule has 0 spiro atoms. The number of nitriles is 1. The van der Waals surface area contributed by atoms with E-state index in [0.29, 0.717) is 35.0 Å². The zero-order chi connectivity index (χ0) is 22.2. The molecule has 1 atom stereocenters. The smallest absolute Gasteiger partial charge is 0.231 e. The van der Waals surface area contributed by atoms with Gasteiger partial charge < -0.3 is 15.6 Å². The van der Waals surface area contributed by atoms with Crippen LogP contribution in [0.25, 0.3) is 11.0 Å². The van der Waals surface area contributed by atoms with Crippen LogP contribution in [-0.4, -0.2) is 28.1 Å². The van der Waals surface area contributed by atoms with E-state index in [4.69, 9.17) is 9.82 Å². The molecule has 0 amide bonds. The number of aromatic nitrogens is 3. The minimum Gasteiger partial charge on any atom is -0.345 e. The van der Waals surface area contributed by atoms with Crippen LogP contribution in [0.4, 0.5) is 17.5 Å². The van der Waals surface area contributed by atoms with Crippen LogP contribution in [0, 0.1) is 11.3 Å². The first-order chi connectivity index (χ1) is 16.3. The fourth-order valence-corrected chi connectivity index (χ4v) is 4.66. The van der Waals surface area contributed by atoms with Gasteiger partial charge in [0, 0.05) is 24.8 Å². The molecule has 0 radical (unpaired) electrons. The second-order valence-electron chi connectivity index (χ2n) is 8.32. The lowest BCUT2D eigenvalue weighted by molar-refractivity contribution is 0.157. The number of hydroxylamine groups is 1. The SMILES string of the molecule is N#Cc1c[nH]c2nc(Nc3ccc4c(c3)CCNC4)nc(N3OCC[C@H]3c3ccccc3)c12. The van der Waals surface area contributed by atoms with E-state index < -0.39 is 0 Å². The molecule has 2 aromatic carbocycles. The molecule has 0 bridgehead atoms. The maximum absolute atomic E-state index is 9.69. The molecule has 3 N–H and O–H groups in total. The number of benzene rings is 2. The van der Waals surface area contributed by atoms with Crippen molar-refractivity contribution in [3.05, 3.63) is 77.0 Å². The minimum atomic E-state index is 0.00911. The number of rotatable bonds is 4. The van der Waals surface area contributed by atoms with Gasteiger partial charge in [0.1, 0.15) is 11.7 Å². The van der Waals surface area contributed by atoms with E-state index in [9.17, 15) is 5.26 Å². The second-order valence-corrected chi connectivity index (χ2v) is 8.32. The van der Waals surface area contributed by atoms with Gasteiger partial charge in [-0.3, -0.25) is 4.84 Å². The number of anilines is 3. The Morgan fingerprint density at radius 3 is 2.91 bits per heavy atom. The van der Waals surface area contributed by atoms with Crippen LogP contribution in [0.15, 0.2) is 54.7 Å². The normalized spacial score (nSPS) is 17.7. The molecule has 8 heteroatoms. The summed E-state index contributed by atoms with van der Waals surface area (Å²) in [6.45, 7) is 2.46. The Labute approximate surface area is 191 Å². The monoisotopic (exact) mass is 437 g/mol. The first-order valence-electron chi connectivity index (χ1n) is 11.2. The van der Waals surface area contributed by atoms with Crippen molar-refractivity contribution in [1.82, 2.24) is 20.3 Å². The zero-order valence-electron chi connectivity index (χ0n) is 18.0. The fourth-order valence-electron chi connectivity index (χ4n) is 4.66. The molecular formula is C25H23N7O. The third-order valence-electron chi connectivity index (χ3n) is 6.28. The largest absolute Gasteiger partial charge is 0.345 e. The van der Waals surface area contributed by atoms with E-state index >= 15 is 0 Å². The molecule has 33 heavy (non-hydrogen) atoms. The summed E-state index contributed by atoms with van der Waals surface area (Å²) in [7, 11) is 0. The minimum absolute atomic E-state index is 0.00911. The first kappa shape index (κ1) is 19.7. The van der Waals surface area contributed by atoms with E-state index in [1.165, 1.54) is 11.1 Å². The van der Waals surface area contributed by atoms with Gasteiger partial charge in [0.05, 0.1) is 23.6 Å². The number of hydrogen-bond donors (Lipinski definition) is 3. The summed E-state index contributed by atoms with van der Waals surface area (Å²) in [5, 5.41) is 18.9. The Morgan fingerprint density at radius 2 is 2.03 bits per heavy atom. The van der Waals surface area contributed by atoms with Gasteiger partial charge in [-0.05, 0) is 41.8 Å². The summed E-state index contributed by atoms with van der Waals surface area (Å²) in [4.78, 5) is 18.7. The molecule has 0 unspecified atom stereocenters. The van der Waals surface area contributed by atoms with Crippen molar-refractivity contribution in [2.45, 2.75) is 25.4 Å². The molecule has 2 aromatic heterocycles. The van der Waals surface area contributed by atoms with Crippen molar-refractivity contribution < 1.29 is 4.84 Å². The van der Waals surface area contributed by atoms with Crippen molar-refractivity contribution in [1.29, 1.82) is 5.26 Å². The maximum Gasteiger partial charge on any atom is 0.231 e. The third kappa shape index (κ3) is 3.57. The zero-order valence-corrected chi connectivity index (χ0v) is 18.0. The quantitative estimate of drug-likeness (QED) is 0.442. The molecule has 164 valence electrons. The van der Waals surface area contributed by atoms with Gasteiger partial charge in [0.2, 0.25) is 5.95 Å². The van der Waals surface area contributed by atoms with Crippen molar-refractivity contribution in [3.63, 3.8) is 0 Å². The maximum atomic E-state index is 9.69. The molecule has 2 aliphatic rings. The summed E-state index contributed by atoms with van der Waals surface area (Å²) in [6.07, 6.45) is 3.51. The van der Waals surface area contributed by atoms with Gasteiger partial charge in [-0.1, -0.05) is 36.4 Å². The van der Waals surface area contributed by atoms with Crippen LogP contribution in [0.5, 0.6) is 0 Å². The highest BCUT2D eigenvalue weighted by Gasteiger charge is 2.32. The molecule has 0 aliphatic carbocycles. The van der Waals surface area contributed by atoms with E-state index in [0.717, 1.165) is 37.2 Å². The molecular weight excluding hydrogens is 414 g/mol. The standard InChI is InChI=1S/C25H23N7O/c26-13-19-15-28-23-22(19)24(32-21(9-11-33-32)16-4-2-1-3-5-16)31-25(30-23)29-20-7-6-18-14-27-10-8-17(18)12-20/h1-7,12,15,21,27H,8-11,14H2,(H2,28,29,30,31)/t21-/m0/s1. The van der Waals surface area contributed by atoms with Crippen molar-refractivity contribution in [2.24, 2.45) is 0 Å². The van der Waals surface area contributed by atoms with Gasteiger partial charge in [-0.25, -0.2) is 5.06 Å². The highest BCUT2D eigenvalue weighted by molar-refractivity contribution is 5.94. The van der Waals surface area contributed by atoms with Crippen molar-refractivity contribution >= 4 is 28.5 Å². The van der Waals surface area contributed by atoms with Crippen LogP contribution in [0.3, 0.4) is 0 Å². The Balaban J connectivity index is 1.42. The number of fused-ring (bicyclic) bond motifs is 2. The van der Waals surface area contributed by atoms with E-state index in [2.05, 4.69) is 50.9 Å². The summed E-state index contributed by atoms with van der Waals surface area (Å²) >= 11 is 0. The molecule has 8 nitrogen and oxygen atoms in total. The van der Waals surface area contributed by atoms with Crippen LogP contribution >= 0.6 is 0 Å². The number of aromatic amines is 1. The Kier molecular flexibility index (Phi) is 4.91. The van der Waals surface area contributed by atoms with E-state index in [1.807, 2.05) is 29.3 Å². The highest BCUT2D eigenvalue weighted by atomic mass is 16.7. The van der Waals surface area contributed by atoms with Crippen LogP contribution in [-0.2, 0) is 17.8 Å². The lowest BCUT2D eigenvalue weighted by Crippen LogP contribution is -2.23. The predicted molar refractivity (Wildman–Crippen MR) is 126 cm³/mol. The molecule has 1 saturated heterocycles. The Morgan fingerprint density at radius 1 is 1.12 bits per heavy atom. The van der Waals surface area contributed by atoms with Gasteiger partial charge in [-0.2, -0.15) is 15.2 Å². The number of nitrogens with one attached hydrogen (secondary N) is 3. The fraction of sp³-hybridized carbons (Fsp3) is 0.240. The van der Waals surface area contributed by atoms with E-state index in [-0.39, 0.29) is 6.04 Å². The molecule has 2 aliphatic heterocycles. The van der Waals surface area contributed by atoms with Gasteiger partial charge in [-0.15, -0.1) is 0 Å². The number of hydrogen-bond acceptors (Lipinski definition) is 7. The summed E-state index contributed by atoms with van der Waals surface area (Å²) in [5.41, 5.74) is 5.84. The molecule has 4 aromatic rings. The molecule has 4 heterocycles. The average molecular weight is 438 g/mol. The van der Waals surface area contributed by atoms with Crippen molar-refractivity contribution in [3.8, 4) is 6.07 Å². The predicted octanol–water partition coefficient (Wildman–Crippen LogP) is 4.10. The van der Waals surface area contributed by atoms with Crippen molar-refractivity contribution in [2.75, 3.05) is 23.5 Å². The first-order valence-corrected chi connectivity index (χ1v) is 11.2. The summed E-state index contributed by atoms with van der Waals surface area (Å²) in [5.74, 6) is 1.05. The summed E-state index contributed by atoms with van der Waals surface area (Å²) in [6, 6.07) is 18.9. The second kappa shape index (κ2) is 8.20. The number of nitrogens with zero attached hydrogens (tertiary/aromatic N) is 4. The van der Waals surface area contributed by atoms with E-state index in [1.54, 1.807) is 6.20 Å². The lowest BCUT2D eigenvalue weighted by Gasteiger charge is -2.25. The van der Waals surface area contributed by atoms with Gasteiger partial charge >= 0.3 is 0 Å². The van der Waals surface area contributed by atoms with Gasteiger partial charge in [0.15, 0.2) is 5.82 Å². The molecule has 1 fully saturated rings. The topological polar surface area (TPSA) is 102 Å². The Bertz CT molecular complexity index is 1360. The molecule has 0 saturated carbocycles. The van der Waals surface area contributed by atoms with Crippen LogP contribution in [0.2, 0.25) is 0 Å². The Hall–Kier alpha value is -3.93. The van der Waals surface area contributed by atoms with Crippen LogP contribution in [0.1, 0.15) is 34.7 Å². The average Bonchev–Trinajstić information content (AvgIpc) is 3.51. The van der Waals surface area contributed by atoms with Gasteiger partial charge in [0.25, 0.3) is 0 Å². The summed E-state index contributed by atoms with van der Waals surface area (Å²) < 4.78 is 0. The third-order valence-corrected chi connectivity index (χ3v) is 6.28. The lowest BCUT2D eigenvalue weighted by atomic mass is 10.0.